The zero-order valence-corrected chi connectivity index (χ0v) is 15.1. The van der Waals surface area contributed by atoms with Crippen molar-refractivity contribution in [3.8, 4) is 5.75 Å². The minimum atomic E-state index is -0.0876. The van der Waals surface area contributed by atoms with E-state index >= 15 is 0 Å². The number of rotatable bonds is 6. The monoisotopic (exact) mass is 346 g/mol. The molecule has 7 heteroatoms. The van der Waals surface area contributed by atoms with Gasteiger partial charge in [-0.25, -0.2) is 0 Å². The molecule has 0 atom stereocenters. The Hall–Kier alpha value is -2.57. The summed E-state index contributed by atoms with van der Waals surface area (Å²) in [6.07, 6.45) is 1.56. The third-order valence-corrected chi connectivity index (χ3v) is 4.18. The van der Waals surface area contributed by atoms with E-state index in [2.05, 4.69) is 10.3 Å². The molecule has 0 aliphatic carbocycles. The van der Waals surface area contributed by atoms with Crippen LogP contribution in [0.3, 0.4) is 0 Å². The summed E-state index contributed by atoms with van der Waals surface area (Å²) in [5, 5.41) is 3.20. The Morgan fingerprint density at radius 3 is 2.60 bits per heavy atom. The van der Waals surface area contributed by atoms with Crippen LogP contribution in [0, 0.1) is 0 Å². The number of likely N-dealkylation sites (tertiary alicyclic amines) is 1. The van der Waals surface area contributed by atoms with E-state index in [9.17, 15) is 9.59 Å². The molecule has 1 aliphatic heterocycles. The highest BCUT2D eigenvalue weighted by Gasteiger charge is 2.25. The number of nitrogens with zero attached hydrogens (tertiary/aromatic N) is 3. The van der Waals surface area contributed by atoms with Crippen molar-refractivity contribution in [2.24, 2.45) is 4.99 Å². The van der Waals surface area contributed by atoms with Crippen LogP contribution in [0.1, 0.15) is 24.8 Å². The number of imide groups is 1. The lowest BCUT2D eigenvalue weighted by molar-refractivity contribution is -0.147. The number of nitrogens with one attached hydrogen (secondary N) is 1. The van der Waals surface area contributed by atoms with Gasteiger partial charge >= 0.3 is 0 Å². The minimum absolute atomic E-state index is 0.0876. The second-order valence-electron chi connectivity index (χ2n) is 5.93. The van der Waals surface area contributed by atoms with Crippen molar-refractivity contribution in [3.63, 3.8) is 0 Å². The molecule has 0 bridgehead atoms. The van der Waals surface area contributed by atoms with Gasteiger partial charge in [-0.3, -0.25) is 19.5 Å². The van der Waals surface area contributed by atoms with Crippen molar-refractivity contribution in [2.45, 2.75) is 25.8 Å². The number of methoxy groups -OCH3 is 1. The normalized spacial score (nSPS) is 15.3. The minimum Gasteiger partial charge on any atom is -0.496 e. The van der Waals surface area contributed by atoms with Crippen LogP contribution in [0.15, 0.2) is 29.3 Å². The number of carbonyl (C=O) groups is 2. The van der Waals surface area contributed by atoms with E-state index in [0.29, 0.717) is 44.9 Å². The summed E-state index contributed by atoms with van der Waals surface area (Å²) in [5.41, 5.74) is 1.05. The maximum Gasteiger partial charge on any atom is 0.229 e. The molecule has 7 nitrogen and oxygen atoms in total. The summed E-state index contributed by atoms with van der Waals surface area (Å²) >= 11 is 0. The Morgan fingerprint density at radius 2 is 1.96 bits per heavy atom. The van der Waals surface area contributed by atoms with Crippen molar-refractivity contribution in [2.75, 3.05) is 34.3 Å². The Labute approximate surface area is 148 Å². The van der Waals surface area contributed by atoms with Gasteiger partial charge in [0.25, 0.3) is 0 Å². The van der Waals surface area contributed by atoms with Crippen molar-refractivity contribution in [3.05, 3.63) is 29.8 Å². The van der Waals surface area contributed by atoms with Gasteiger partial charge in [0.15, 0.2) is 5.96 Å². The van der Waals surface area contributed by atoms with Gasteiger partial charge in [0, 0.05) is 52.1 Å². The number of para-hydroxylation sites is 1. The highest BCUT2D eigenvalue weighted by atomic mass is 16.5. The highest BCUT2D eigenvalue weighted by molar-refractivity contribution is 5.97. The summed E-state index contributed by atoms with van der Waals surface area (Å²) in [5.74, 6) is 1.35. The fraction of sp³-hybridized carbons (Fsp3) is 0.500. The molecular formula is C18H26N4O3. The molecule has 1 heterocycles. The average molecular weight is 346 g/mol. The second-order valence-corrected chi connectivity index (χ2v) is 5.93. The van der Waals surface area contributed by atoms with Crippen LogP contribution in [0.5, 0.6) is 5.75 Å². The Balaban J connectivity index is 1.89. The van der Waals surface area contributed by atoms with Gasteiger partial charge in [-0.1, -0.05) is 18.2 Å². The van der Waals surface area contributed by atoms with Crippen LogP contribution in [0.4, 0.5) is 0 Å². The molecule has 1 aromatic carbocycles. The first-order valence-electron chi connectivity index (χ1n) is 8.43. The predicted molar refractivity (Wildman–Crippen MR) is 96.4 cm³/mol. The van der Waals surface area contributed by atoms with E-state index in [4.69, 9.17) is 4.74 Å². The van der Waals surface area contributed by atoms with Crippen LogP contribution < -0.4 is 10.1 Å². The lowest BCUT2D eigenvalue weighted by Gasteiger charge is -2.27. The van der Waals surface area contributed by atoms with E-state index in [1.807, 2.05) is 36.2 Å². The molecule has 0 aromatic heterocycles. The van der Waals surface area contributed by atoms with Crippen LogP contribution in [0.2, 0.25) is 0 Å². The van der Waals surface area contributed by atoms with Gasteiger partial charge in [-0.05, 0) is 12.5 Å². The lowest BCUT2D eigenvalue weighted by atomic mass is 10.1. The van der Waals surface area contributed by atoms with E-state index in [0.717, 1.165) is 11.3 Å². The van der Waals surface area contributed by atoms with Crippen molar-refractivity contribution in [1.29, 1.82) is 0 Å². The van der Waals surface area contributed by atoms with Crippen LogP contribution in [-0.2, 0) is 16.1 Å². The number of hydrogen-bond acceptors (Lipinski definition) is 4. The van der Waals surface area contributed by atoms with Crippen molar-refractivity contribution >= 4 is 17.8 Å². The van der Waals surface area contributed by atoms with Crippen molar-refractivity contribution < 1.29 is 14.3 Å². The first kappa shape index (κ1) is 18.8. The van der Waals surface area contributed by atoms with Crippen LogP contribution in [-0.4, -0.2) is 61.9 Å². The number of carbonyl (C=O) groups excluding carboxylic acids is 2. The maximum absolute atomic E-state index is 11.8. The van der Waals surface area contributed by atoms with Gasteiger partial charge < -0.3 is 15.0 Å². The Bertz CT molecular complexity index is 629. The molecule has 0 unspecified atom stereocenters. The van der Waals surface area contributed by atoms with E-state index < -0.39 is 0 Å². The van der Waals surface area contributed by atoms with Gasteiger partial charge in [-0.15, -0.1) is 0 Å². The summed E-state index contributed by atoms with van der Waals surface area (Å²) in [4.78, 5) is 31.2. The smallest absolute Gasteiger partial charge is 0.229 e. The number of amides is 2. The molecule has 136 valence electrons. The third kappa shape index (κ3) is 4.95. The fourth-order valence-corrected chi connectivity index (χ4v) is 2.88. The predicted octanol–water partition coefficient (Wildman–Crippen LogP) is 1.24. The summed E-state index contributed by atoms with van der Waals surface area (Å²) < 4.78 is 5.38. The van der Waals surface area contributed by atoms with E-state index in [1.54, 1.807) is 14.2 Å². The number of hydrogen-bond donors (Lipinski definition) is 1. The fourth-order valence-electron chi connectivity index (χ4n) is 2.88. The first-order chi connectivity index (χ1) is 12.1. The maximum atomic E-state index is 11.8. The quantitative estimate of drug-likeness (QED) is 0.477. The number of guanidine groups is 1. The van der Waals surface area contributed by atoms with Crippen molar-refractivity contribution in [1.82, 2.24) is 15.1 Å². The highest BCUT2D eigenvalue weighted by Crippen LogP contribution is 2.18. The third-order valence-electron chi connectivity index (χ3n) is 4.18. The molecule has 0 saturated carbocycles. The molecule has 2 rings (SSSR count). The van der Waals surface area contributed by atoms with Gasteiger partial charge in [0.1, 0.15) is 5.75 Å². The molecule has 1 saturated heterocycles. The summed E-state index contributed by atoms with van der Waals surface area (Å²) in [6.45, 7) is 1.46. The number of piperidine rings is 1. The zero-order chi connectivity index (χ0) is 18.2. The van der Waals surface area contributed by atoms with Crippen LogP contribution in [0.25, 0.3) is 0 Å². The molecule has 1 aromatic rings. The molecule has 1 aliphatic rings. The van der Waals surface area contributed by atoms with E-state index in [-0.39, 0.29) is 11.8 Å². The van der Waals surface area contributed by atoms with Gasteiger partial charge in [0.05, 0.1) is 7.11 Å². The summed E-state index contributed by atoms with van der Waals surface area (Å²) in [7, 11) is 5.29. The van der Waals surface area contributed by atoms with Crippen LogP contribution >= 0.6 is 0 Å². The molecule has 0 spiro atoms. The lowest BCUT2D eigenvalue weighted by Crippen LogP contribution is -2.46. The average Bonchev–Trinajstić information content (AvgIpc) is 2.61. The van der Waals surface area contributed by atoms with E-state index in [1.165, 1.54) is 4.90 Å². The number of aliphatic imine (C=N–C) groups is 1. The molecule has 1 fully saturated rings. The molecule has 0 radical (unpaired) electrons. The Morgan fingerprint density at radius 1 is 1.28 bits per heavy atom. The molecule has 25 heavy (non-hydrogen) atoms. The second kappa shape index (κ2) is 9.05. The topological polar surface area (TPSA) is 74.2 Å². The number of ether oxygens (including phenoxy) is 1. The number of benzene rings is 1. The van der Waals surface area contributed by atoms with Gasteiger partial charge in [0.2, 0.25) is 11.8 Å². The zero-order valence-electron chi connectivity index (χ0n) is 15.1. The summed E-state index contributed by atoms with van der Waals surface area (Å²) in [6, 6.07) is 7.83. The Kier molecular flexibility index (Phi) is 6.80. The first-order valence-corrected chi connectivity index (χ1v) is 8.43. The SMILES string of the molecule is CN=C(NCCN1C(=O)CCCC1=O)N(C)Cc1ccccc1OC. The molecule has 2 amide bonds. The van der Waals surface area contributed by atoms with Gasteiger partial charge in [-0.2, -0.15) is 0 Å². The standard InChI is InChI=1S/C18H26N4O3/c1-19-18(20-11-12-22-16(23)9-6-10-17(22)24)21(2)13-14-7-4-5-8-15(14)25-3/h4-5,7-8H,6,9-13H2,1-3H3,(H,19,20). The molecular weight excluding hydrogens is 320 g/mol. The largest absolute Gasteiger partial charge is 0.496 e. The molecule has 1 N–H and O–H groups in total.